The lowest BCUT2D eigenvalue weighted by atomic mass is 10.2. The fourth-order valence-electron chi connectivity index (χ4n) is 4.05. The van der Waals surface area contributed by atoms with E-state index in [1.54, 1.807) is 29.7 Å². The number of imidazole rings is 1. The molecule has 6 rings (SSSR count). The second-order valence-electron chi connectivity index (χ2n) is 7.95. The van der Waals surface area contributed by atoms with Gasteiger partial charge in [-0.15, -0.1) is 0 Å². The van der Waals surface area contributed by atoms with Crippen molar-refractivity contribution in [2.75, 3.05) is 0 Å². The number of hydrogen-bond donors (Lipinski definition) is 0. The minimum absolute atomic E-state index is 0.0945. The summed E-state index contributed by atoms with van der Waals surface area (Å²) in [5, 5.41) is 0. The number of fused-ring (bicyclic) bond motifs is 2. The van der Waals surface area contributed by atoms with Crippen LogP contribution in [0.1, 0.15) is 27.3 Å². The summed E-state index contributed by atoms with van der Waals surface area (Å²) in [4.78, 5) is 37.5. The summed E-state index contributed by atoms with van der Waals surface area (Å²) in [6.45, 7) is 1.50. The topological polar surface area (TPSA) is 89.7 Å². The second-order valence-corrected chi connectivity index (χ2v) is 7.95. The minimum Gasteiger partial charge on any atom is -0.328 e. The first-order chi connectivity index (χ1) is 16.2. The van der Waals surface area contributed by atoms with E-state index in [1.807, 2.05) is 59.3 Å². The van der Waals surface area contributed by atoms with Crippen molar-refractivity contribution < 1.29 is 4.79 Å². The van der Waals surface area contributed by atoms with Gasteiger partial charge in [0.15, 0.2) is 11.5 Å². The standard InChI is InChI=1S/C25H19N7O/c33-25(31-13-19-12-27-23(30-22(19)15-31)17-6-2-1-3-7-17)18-10-21-24(28-11-18)32(16-29-21)14-20-8-4-5-9-26-20/h1-12,16H,13-15H2. The summed E-state index contributed by atoms with van der Waals surface area (Å²) in [7, 11) is 0. The molecule has 33 heavy (non-hydrogen) atoms. The summed E-state index contributed by atoms with van der Waals surface area (Å²) < 4.78 is 1.93. The molecule has 0 saturated heterocycles. The van der Waals surface area contributed by atoms with Crippen LogP contribution in [-0.4, -0.2) is 40.3 Å². The van der Waals surface area contributed by atoms with Crippen LogP contribution in [0.3, 0.4) is 0 Å². The van der Waals surface area contributed by atoms with Crippen molar-refractivity contribution >= 4 is 17.1 Å². The molecule has 160 valence electrons. The summed E-state index contributed by atoms with van der Waals surface area (Å²) in [6, 6.07) is 17.4. The average molecular weight is 433 g/mol. The van der Waals surface area contributed by atoms with Gasteiger partial charge in [0, 0.05) is 36.3 Å². The predicted molar refractivity (Wildman–Crippen MR) is 122 cm³/mol. The number of pyridine rings is 2. The Balaban J connectivity index is 1.22. The molecule has 0 atom stereocenters. The van der Waals surface area contributed by atoms with Crippen molar-refractivity contribution in [3.05, 3.63) is 102 Å². The fourth-order valence-corrected chi connectivity index (χ4v) is 4.05. The SMILES string of the molecule is O=C(c1cnc2c(c1)ncn2Cc1ccccn1)N1Cc2cnc(-c3ccccc3)nc2C1. The van der Waals surface area contributed by atoms with E-state index in [9.17, 15) is 4.79 Å². The number of rotatable bonds is 4. The van der Waals surface area contributed by atoms with Crippen LogP contribution in [0.15, 0.2) is 79.5 Å². The Morgan fingerprint density at radius 1 is 0.909 bits per heavy atom. The van der Waals surface area contributed by atoms with Crippen LogP contribution in [0.2, 0.25) is 0 Å². The molecule has 0 spiro atoms. The van der Waals surface area contributed by atoms with E-state index in [0.717, 1.165) is 28.2 Å². The van der Waals surface area contributed by atoms with E-state index in [2.05, 4.69) is 19.9 Å². The van der Waals surface area contributed by atoms with E-state index < -0.39 is 0 Å². The molecule has 0 fully saturated rings. The molecule has 1 aliphatic rings. The molecule has 5 aromatic rings. The van der Waals surface area contributed by atoms with E-state index in [0.29, 0.717) is 36.5 Å². The van der Waals surface area contributed by atoms with Gasteiger partial charge < -0.3 is 9.47 Å². The molecule has 5 heterocycles. The highest BCUT2D eigenvalue weighted by molar-refractivity contribution is 5.96. The molecule has 0 N–H and O–H groups in total. The van der Waals surface area contributed by atoms with Gasteiger partial charge in [0.1, 0.15) is 5.52 Å². The number of hydrogen-bond acceptors (Lipinski definition) is 6. The van der Waals surface area contributed by atoms with Gasteiger partial charge in [0.25, 0.3) is 5.91 Å². The third-order valence-electron chi connectivity index (χ3n) is 5.74. The number of benzene rings is 1. The third-order valence-corrected chi connectivity index (χ3v) is 5.74. The molecule has 1 aliphatic heterocycles. The van der Waals surface area contributed by atoms with Crippen molar-refractivity contribution in [3.8, 4) is 11.4 Å². The van der Waals surface area contributed by atoms with Crippen LogP contribution in [0.4, 0.5) is 0 Å². The lowest BCUT2D eigenvalue weighted by Gasteiger charge is -2.14. The Hall–Kier alpha value is -4.46. The Kier molecular flexibility index (Phi) is 4.61. The molecule has 0 radical (unpaired) electrons. The molecule has 8 heteroatoms. The monoisotopic (exact) mass is 433 g/mol. The number of carbonyl (C=O) groups is 1. The molecular formula is C25H19N7O. The Morgan fingerprint density at radius 2 is 1.79 bits per heavy atom. The molecule has 0 bridgehead atoms. The smallest absolute Gasteiger partial charge is 0.256 e. The van der Waals surface area contributed by atoms with Crippen molar-refractivity contribution in [2.24, 2.45) is 0 Å². The van der Waals surface area contributed by atoms with Gasteiger partial charge in [-0.1, -0.05) is 36.4 Å². The van der Waals surface area contributed by atoms with Crippen LogP contribution in [0.5, 0.6) is 0 Å². The second kappa shape index (κ2) is 7.90. The van der Waals surface area contributed by atoms with Crippen LogP contribution in [0.25, 0.3) is 22.6 Å². The normalized spacial score (nSPS) is 12.8. The summed E-state index contributed by atoms with van der Waals surface area (Å²) >= 11 is 0. The van der Waals surface area contributed by atoms with Crippen LogP contribution in [0, 0.1) is 0 Å². The van der Waals surface area contributed by atoms with E-state index in [4.69, 9.17) is 4.98 Å². The van der Waals surface area contributed by atoms with E-state index in [1.165, 1.54) is 0 Å². The zero-order valence-electron chi connectivity index (χ0n) is 17.7. The van der Waals surface area contributed by atoms with Gasteiger partial charge in [-0.2, -0.15) is 0 Å². The van der Waals surface area contributed by atoms with Gasteiger partial charge in [-0.05, 0) is 18.2 Å². The Labute approximate surface area is 189 Å². The maximum atomic E-state index is 13.2. The maximum Gasteiger partial charge on any atom is 0.256 e. The molecular weight excluding hydrogens is 414 g/mol. The molecule has 0 aliphatic carbocycles. The first kappa shape index (κ1) is 19.2. The summed E-state index contributed by atoms with van der Waals surface area (Å²) in [5.41, 5.74) is 5.64. The highest BCUT2D eigenvalue weighted by Gasteiger charge is 2.27. The predicted octanol–water partition coefficient (Wildman–Crippen LogP) is 3.49. The molecule has 0 saturated carbocycles. The van der Waals surface area contributed by atoms with Gasteiger partial charge >= 0.3 is 0 Å². The number of carbonyl (C=O) groups excluding carboxylic acids is 1. The summed E-state index contributed by atoms with van der Waals surface area (Å²) in [6.07, 6.45) is 6.93. The lowest BCUT2D eigenvalue weighted by Crippen LogP contribution is -2.25. The molecule has 1 amide bonds. The van der Waals surface area contributed by atoms with E-state index in [-0.39, 0.29) is 5.91 Å². The van der Waals surface area contributed by atoms with Crippen LogP contribution >= 0.6 is 0 Å². The number of amides is 1. The quantitative estimate of drug-likeness (QED) is 0.431. The first-order valence-corrected chi connectivity index (χ1v) is 10.6. The Bertz CT molecular complexity index is 1460. The largest absolute Gasteiger partial charge is 0.328 e. The van der Waals surface area contributed by atoms with Crippen molar-refractivity contribution in [3.63, 3.8) is 0 Å². The lowest BCUT2D eigenvalue weighted by molar-refractivity contribution is 0.0750. The molecule has 0 unspecified atom stereocenters. The van der Waals surface area contributed by atoms with Crippen molar-refractivity contribution in [1.29, 1.82) is 0 Å². The van der Waals surface area contributed by atoms with Crippen molar-refractivity contribution in [1.82, 2.24) is 34.4 Å². The van der Waals surface area contributed by atoms with Gasteiger partial charge in [0.2, 0.25) is 0 Å². The first-order valence-electron chi connectivity index (χ1n) is 10.6. The Morgan fingerprint density at radius 3 is 2.64 bits per heavy atom. The minimum atomic E-state index is -0.0945. The maximum absolute atomic E-state index is 13.2. The van der Waals surface area contributed by atoms with Crippen LogP contribution < -0.4 is 0 Å². The van der Waals surface area contributed by atoms with Crippen molar-refractivity contribution in [2.45, 2.75) is 19.6 Å². The summed E-state index contributed by atoms with van der Waals surface area (Å²) in [5.74, 6) is 0.577. The van der Waals surface area contributed by atoms with Gasteiger partial charge in [-0.25, -0.2) is 19.9 Å². The molecule has 8 nitrogen and oxygen atoms in total. The highest BCUT2D eigenvalue weighted by atomic mass is 16.2. The van der Waals surface area contributed by atoms with E-state index >= 15 is 0 Å². The molecule has 4 aromatic heterocycles. The average Bonchev–Trinajstić information content (AvgIpc) is 3.48. The zero-order valence-corrected chi connectivity index (χ0v) is 17.7. The molecule has 1 aromatic carbocycles. The van der Waals surface area contributed by atoms with Gasteiger partial charge in [-0.3, -0.25) is 9.78 Å². The fraction of sp³-hybridized carbons (Fsp3) is 0.120. The number of aromatic nitrogens is 6. The third kappa shape index (κ3) is 3.61. The number of nitrogens with zero attached hydrogens (tertiary/aromatic N) is 7. The van der Waals surface area contributed by atoms with Crippen LogP contribution in [-0.2, 0) is 19.6 Å². The van der Waals surface area contributed by atoms with Gasteiger partial charge in [0.05, 0.1) is 36.4 Å². The zero-order chi connectivity index (χ0) is 22.2. The highest BCUT2D eigenvalue weighted by Crippen LogP contribution is 2.25.